The van der Waals surface area contributed by atoms with Gasteiger partial charge in [0.05, 0.1) is 16.4 Å². The minimum atomic E-state index is -0.494. The zero-order chi connectivity index (χ0) is 17.6. The van der Waals surface area contributed by atoms with E-state index in [1.807, 2.05) is 4.90 Å². The number of carbonyl (C=O) groups is 1. The fraction of sp³-hybridized carbons (Fsp3) is 0.471. The molecule has 2 saturated heterocycles. The molecule has 140 valence electrons. The summed E-state index contributed by atoms with van der Waals surface area (Å²) in [6.45, 7) is 3.21. The molecule has 4 rings (SSSR count). The molecular formula is C17H20Cl2FN5O. The topological polar surface area (TPSA) is 63.1 Å². The van der Waals surface area contributed by atoms with Gasteiger partial charge in [0.1, 0.15) is 5.82 Å². The molecule has 0 spiro atoms. The number of likely N-dealkylation sites (tertiary alicyclic amines) is 1. The second kappa shape index (κ2) is 7.50. The summed E-state index contributed by atoms with van der Waals surface area (Å²) >= 11 is 5.84. The number of hydrogen-bond donors (Lipinski definition) is 1. The van der Waals surface area contributed by atoms with Crippen LogP contribution in [0.1, 0.15) is 35.4 Å². The fourth-order valence-electron chi connectivity index (χ4n) is 3.67. The van der Waals surface area contributed by atoms with Gasteiger partial charge in [-0.25, -0.2) is 9.07 Å². The minimum absolute atomic E-state index is 0. The van der Waals surface area contributed by atoms with Crippen LogP contribution in [0.4, 0.5) is 4.39 Å². The van der Waals surface area contributed by atoms with Crippen LogP contribution in [-0.2, 0) is 0 Å². The van der Waals surface area contributed by atoms with Crippen molar-refractivity contribution in [1.29, 1.82) is 0 Å². The first-order valence-electron chi connectivity index (χ1n) is 8.46. The number of carbonyl (C=O) groups excluding carboxylic acids is 1. The van der Waals surface area contributed by atoms with E-state index in [4.69, 9.17) is 11.6 Å². The lowest BCUT2D eigenvalue weighted by Gasteiger charge is -2.23. The zero-order valence-electron chi connectivity index (χ0n) is 14.3. The Morgan fingerprint density at radius 1 is 1.31 bits per heavy atom. The molecule has 2 aromatic rings. The molecule has 0 radical (unpaired) electrons. The summed E-state index contributed by atoms with van der Waals surface area (Å²) in [4.78, 5) is 14.8. The van der Waals surface area contributed by atoms with Crippen molar-refractivity contribution in [2.45, 2.75) is 38.3 Å². The fourth-order valence-corrected chi connectivity index (χ4v) is 3.84. The molecule has 1 N–H and O–H groups in total. The van der Waals surface area contributed by atoms with E-state index >= 15 is 0 Å². The maximum absolute atomic E-state index is 13.4. The zero-order valence-corrected chi connectivity index (χ0v) is 15.9. The van der Waals surface area contributed by atoms with Crippen LogP contribution in [-0.4, -0.2) is 51.0 Å². The van der Waals surface area contributed by atoms with Gasteiger partial charge in [-0.2, -0.15) is 0 Å². The number of benzene rings is 1. The van der Waals surface area contributed by atoms with Crippen LogP contribution in [0.3, 0.4) is 0 Å². The van der Waals surface area contributed by atoms with Crippen molar-refractivity contribution in [3.8, 4) is 5.69 Å². The van der Waals surface area contributed by atoms with Gasteiger partial charge in [0, 0.05) is 25.2 Å². The predicted molar refractivity (Wildman–Crippen MR) is 98.8 cm³/mol. The standard InChI is InChI=1S/C17H19ClFN5O.ClH/c1-10-16(17(25)23-7-6-11-2-3-12(9-23)20-11)21-22-24(10)13-4-5-15(19)14(18)8-13;/h4-5,8,11-12,20H,2-3,6-7,9H2,1H3;1H. The molecule has 1 aromatic carbocycles. The molecule has 0 saturated carbocycles. The molecule has 0 aliphatic carbocycles. The van der Waals surface area contributed by atoms with E-state index in [0.29, 0.717) is 35.7 Å². The monoisotopic (exact) mass is 399 g/mol. The molecule has 2 aliphatic rings. The van der Waals surface area contributed by atoms with Crippen molar-refractivity contribution >= 4 is 29.9 Å². The predicted octanol–water partition coefficient (Wildman–Crippen LogP) is 2.76. The number of rotatable bonds is 2. The first-order valence-corrected chi connectivity index (χ1v) is 8.84. The average molecular weight is 400 g/mol. The third-order valence-electron chi connectivity index (χ3n) is 5.06. The van der Waals surface area contributed by atoms with Crippen molar-refractivity contribution in [1.82, 2.24) is 25.2 Å². The van der Waals surface area contributed by atoms with Gasteiger partial charge in [-0.1, -0.05) is 16.8 Å². The highest BCUT2D eigenvalue weighted by atomic mass is 35.5. The van der Waals surface area contributed by atoms with E-state index in [9.17, 15) is 9.18 Å². The highest BCUT2D eigenvalue weighted by Crippen LogP contribution is 2.23. The van der Waals surface area contributed by atoms with Crippen molar-refractivity contribution in [3.63, 3.8) is 0 Å². The van der Waals surface area contributed by atoms with Crippen molar-refractivity contribution in [3.05, 3.63) is 40.4 Å². The number of fused-ring (bicyclic) bond motifs is 2. The third kappa shape index (κ3) is 3.43. The average Bonchev–Trinajstić information content (AvgIpc) is 3.12. The van der Waals surface area contributed by atoms with E-state index < -0.39 is 5.82 Å². The Balaban J connectivity index is 0.00000196. The summed E-state index contributed by atoms with van der Waals surface area (Å²) in [6.07, 6.45) is 3.25. The first kappa shape index (κ1) is 19.1. The Kier molecular flexibility index (Phi) is 5.50. The number of hydrogen-bond acceptors (Lipinski definition) is 4. The lowest BCUT2D eigenvalue weighted by Crippen LogP contribution is -2.39. The number of amides is 1. The largest absolute Gasteiger partial charge is 0.336 e. The van der Waals surface area contributed by atoms with E-state index in [1.165, 1.54) is 23.2 Å². The molecule has 2 unspecified atom stereocenters. The van der Waals surface area contributed by atoms with E-state index in [2.05, 4.69) is 15.6 Å². The molecule has 1 aromatic heterocycles. The van der Waals surface area contributed by atoms with Crippen LogP contribution < -0.4 is 5.32 Å². The summed E-state index contributed by atoms with van der Waals surface area (Å²) in [5.41, 5.74) is 1.53. The smallest absolute Gasteiger partial charge is 0.276 e. The Morgan fingerprint density at radius 3 is 2.85 bits per heavy atom. The number of nitrogens with one attached hydrogen (secondary N) is 1. The number of aromatic nitrogens is 3. The van der Waals surface area contributed by atoms with Gasteiger partial charge in [0.2, 0.25) is 0 Å². The molecule has 2 fully saturated rings. The molecule has 9 heteroatoms. The number of halogens is 3. The summed E-state index contributed by atoms with van der Waals surface area (Å²) in [5.74, 6) is -0.599. The van der Waals surface area contributed by atoms with Gasteiger partial charge in [0.25, 0.3) is 5.91 Å². The molecule has 2 aliphatic heterocycles. The number of nitrogens with zero attached hydrogens (tertiary/aromatic N) is 4. The van der Waals surface area contributed by atoms with Crippen LogP contribution in [0.2, 0.25) is 5.02 Å². The van der Waals surface area contributed by atoms with E-state index in [-0.39, 0.29) is 23.3 Å². The minimum Gasteiger partial charge on any atom is -0.336 e. The SMILES string of the molecule is Cc1c(C(=O)N2CCC3CCC(C2)N3)nnn1-c1ccc(F)c(Cl)c1.Cl. The van der Waals surface area contributed by atoms with Gasteiger partial charge in [-0.3, -0.25) is 4.79 Å². The maximum atomic E-state index is 13.4. The Hall–Kier alpha value is -1.70. The Labute approximate surface area is 162 Å². The van der Waals surface area contributed by atoms with Gasteiger partial charge in [-0.15, -0.1) is 17.5 Å². The first-order chi connectivity index (χ1) is 12.0. The van der Waals surface area contributed by atoms with Crippen LogP contribution >= 0.6 is 24.0 Å². The van der Waals surface area contributed by atoms with Gasteiger partial charge >= 0.3 is 0 Å². The van der Waals surface area contributed by atoms with Crippen molar-refractivity contribution in [2.24, 2.45) is 0 Å². The molecular weight excluding hydrogens is 380 g/mol. The second-order valence-corrected chi connectivity index (χ2v) is 7.12. The Bertz CT molecular complexity index is 827. The van der Waals surface area contributed by atoms with Gasteiger partial charge in [0.15, 0.2) is 5.69 Å². The molecule has 3 heterocycles. The summed E-state index contributed by atoms with van der Waals surface area (Å²) < 4.78 is 14.9. The van der Waals surface area contributed by atoms with Crippen LogP contribution in [0.5, 0.6) is 0 Å². The van der Waals surface area contributed by atoms with E-state index in [1.54, 1.807) is 13.0 Å². The Morgan fingerprint density at radius 2 is 2.08 bits per heavy atom. The molecule has 2 atom stereocenters. The highest BCUT2D eigenvalue weighted by molar-refractivity contribution is 6.30. The van der Waals surface area contributed by atoms with Crippen LogP contribution in [0, 0.1) is 12.7 Å². The second-order valence-electron chi connectivity index (χ2n) is 6.71. The van der Waals surface area contributed by atoms with Crippen molar-refractivity contribution in [2.75, 3.05) is 13.1 Å². The van der Waals surface area contributed by atoms with Crippen LogP contribution in [0.15, 0.2) is 18.2 Å². The third-order valence-corrected chi connectivity index (χ3v) is 5.35. The molecule has 6 nitrogen and oxygen atoms in total. The molecule has 26 heavy (non-hydrogen) atoms. The summed E-state index contributed by atoms with van der Waals surface area (Å²) in [7, 11) is 0. The summed E-state index contributed by atoms with van der Waals surface area (Å²) in [6, 6.07) is 5.19. The van der Waals surface area contributed by atoms with Gasteiger partial charge in [-0.05, 0) is 44.4 Å². The molecule has 2 bridgehead atoms. The quantitative estimate of drug-likeness (QED) is 0.842. The van der Waals surface area contributed by atoms with Crippen molar-refractivity contribution < 1.29 is 9.18 Å². The molecule has 1 amide bonds. The highest BCUT2D eigenvalue weighted by Gasteiger charge is 2.33. The van der Waals surface area contributed by atoms with E-state index in [0.717, 1.165) is 19.4 Å². The summed E-state index contributed by atoms with van der Waals surface area (Å²) in [5, 5.41) is 11.7. The normalized spacial score (nSPS) is 22.0. The van der Waals surface area contributed by atoms with Crippen LogP contribution in [0.25, 0.3) is 5.69 Å². The van der Waals surface area contributed by atoms with Gasteiger partial charge < -0.3 is 10.2 Å². The lowest BCUT2D eigenvalue weighted by atomic mass is 10.1. The lowest BCUT2D eigenvalue weighted by molar-refractivity contribution is 0.0741. The maximum Gasteiger partial charge on any atom is 0.276 e.